The number of aryl methyl sites for hydroxylation is 1. The van der Waals surface area contributed by atoms with Gasteiger partial charge in [-0.15, -0.1) is 0 Å². The summed E-state index contributed by atoms with van der Waals surface area (Å²) in [6.07, 6.45) is 1.19. The molecule has 0 radical (unpaired) electrons. The molecule has 18 heavy (non-hydrogen) atoms. The van der Waals surface area contributed by atoms with Crippen molar-refractivity contribution >= 4 is 0 Å². The van der Waals surface area contributed by atoms with E-state index in [0.717, 1.165) is 30.8 Å². The maximum absolute atomic E-state index is 10.0. The number of phenols is 1. The minimum Gasteiger partial charge on any atom is -0.508 e. The molecule has 100 valence electrons. The number of aromatic hydroxyl groups is 1. The van der Waals surface area contributed by atoms with Gasteiger partial charge >= 0.3 is 0 Å². The molecule has 3 heteroatoms. The number of nitrogens with zero attached hydrogens (tertiary/aromatic N) is 1. The molecule has 1 aliphatic heterocycles. The zero-order valence-corrected chi connectivity index (χ0v) is 11.5. The van der Waals surface area contributed by atoms with E-state index >= 15 is 0 Å². The Morgan fingerprint density at radius 2 is 2.28 bits per heavy atom. The highest BCUT2D eigenvalue weighted by molar-refractivity contribution is 5.37. The van der Waals surface area contributed by atoms with Crippen molar-refractivity contribution in [2.24, 2.45) is 5.92 Å². The van der Waals surface area contributed by atoms with Crippen molar-refractivity contribution < 1.29 is 9.84 Å². The first kappa shape index (κ1) is 13.4. The van der Waals surface area contributed by atoms with E-state index in [1.165, 1.54) is 6.42 Å². The molecule has 1 saturated heterocycles. The van der Waals surface area contributed by atoms with Gasteiger partial charge in [0.2, 0.25) is 0 Å². The van der Waals surface area contributed by atoms with Crippen molar-refractivity contribution in [3.63, 3.8) is 0 Å². The van der Waals surface area contributed by atoms with E-state index in [9.17, 15) is 5.11 Å². The molecule has 0 aliphatic carbocycles. The van der Waals surface area contributed by atoms with E-state index in [0.29, 0.717) is 11.7 Å². The molecule has 1 aromatic carbocycles. The van der Waals surface area contributed by atoms with E-state index in [4.69, 9.17) is 4.74 Å². The van der Waals surface area contributed by atoms with Gasteiger partial charge in [-0.1, -0.05) is 12.1 Å². The highest BCUT2D eigenvalue weighted by Crippen LogP contribution is 2.32. The smallest absolute Gasteiger partial charge is 0.120 e. The van der Waals surface area contributed by atoms with Gasteiger partial charge in [0, 0.05) is 25.3 Å². The van der Waals surface area contributed by atoms with Crippen molar-refractivity contribution in [1.29, 1.82) is 0 Å². The minimum absolute atomic E-state index is 0.271. The van der Waals surface area contributed by atoms with Gasteiger partial charge in [-0.05, 0) is 44.4 Å². The van der Waals surface area contributed by atoms with Gasteiger partial charge in [0.1, 0.15) is 5.75 Å². The number of methoxy groups -OCH3 is 1. The number of phenolic OH excluding ortho intramolecular Hbond substituents is 1. The normalized spacial score (nSPS) is 22.3. The molecule has 2 atom stereocenters. The minimum atomic E-state index is 0.271. The van der Waals surface area contributed by atoms with Crippen LogP contribution >= 0.6 is 0 Å². The average molecular weight is 249 g/mol. The number of rotatable bonds is 4. The van der Waals surface area contributed by atoms with Gasteiger partial charge in [0.25, 0.3) is 0 Å². The molecule has 0 spiro atoms. The lowest BCUT2D eigenvalue weighted by Crippen LogP contribution is -2.25. The van der Waals surface area contributed by atoms with Crippen molar-refractivity contribution in [3.05, 3.63) is 29.3 Å². The van der Waals surface area contributed by atoms with Crippen molar-refractivity contribution in [1.82, 2.24) is 4.90 Å². The zero-order chi connectivity index (χ0) is 13.1. The van der Waals surface area contributed by atoms with Gasteiger partial charge in [-0.3, -0.25) is 4.90 Å². The molecule has 0 saturated carbocycles. The highest BCUT2D eigenvalue weighted by atomic mass is 16.5. The second-order valence-electron chi connectivity index (χ2n) is 5.34. The van der Waals surface area contributed by atoms with Crippen LogP contribution < -0.4 is 0 Å². The molecule has 1 fully saturated rings. The van der Waals surface area contributed by atoms with Crippen molar-refractivity contribution in [2.75, 3.05) is 26.8 Å². The van der Waals surface area contributed by atoms with Crippen LogP contribution in [0, 0.1) is 12.8 Å². The second-order valence-corrected chi connectivity index (χ2v) is 5.34. The molecule has 1 N–H and O–H groups in total. The van der Waals surface area contributed by atoms with Crippen molar-refractivity contribution in [3.8, 4) is 5.75 Å². The van der Waals surface area contributed by atoms with Gasteiger partial charge in [-0.25, -0.2) is 0 Å². The van der Waals surface area contributed by atoms with E-state index in [1.54, 1.807) is 7.11 Å². The molecule has 2 unspecified atom stereocenters. The Hall–Kier alpha value is -1.06. The van der Waals surface area contributed by atoms with Crippen LogP contribution in [0.1, 0.15) is 30.5 Å². The van der Waals surface area contributed by atoms with Crippen LogP contribution in [0.3, 0.4) is 0 Å². The topological polar surface area (TPSA) is 32.7 Å². The lowest BCUT2D eigenvalue weighted by Gasteiger charge is -2.25. The molecule has 0 aromatic heterocycles. The van der Waals surface area contributed by atoms with Gasteiger partial charge in [0.05, 0.1) is 6.61 Å². The summed E-state index contributed by atoms with van der Waals surface area (Å²) in [4.78, 5) is 2.42. The molecule has 1 heterocycles. The van der Waals surface area contributed by atoms with E-state index in [2.05, 4.69) is 17.9 Å². The standard InChI is InChI=1S/C15H23NO2/c1-11-4-5-14(15(17)8-11)12(2)16-7-6-13(9-16)10-18-3/h4-5,8,12-13,17H,6-7,9-10H2,1-3H3. The van der Waals surface area contributed by atoms with E-state index < -0.39 is 0 Å². The third kappa shape index (κ3) is 2.85. The fourth-order valence-corrected chi connectivity index (χ4v) is 2.79. The Balaban J connectivity index is 2.05. The maximum Gasteiger partial charge on any atom is 0.120 e. The largest absolute Gasteiger partial charge is 0.508 e. The molecule has 2 rings (SSSR count). The first-order chi connectivity index (χ1) is 8.61. The number of hydrogen-bond donors (Lipinski definition) is 1. The fourth-order valence-electron chi connectivity index (χ4n) is 2.79. The SMILES string of the molecule is COCC1CCN(C(C)c2ccc(C)cc2O)C1. The summed E-state index contributed by atoms with van der Waals surface area (Å²) >= 11 is 0. The Bertz CT molecular complexity index is 405. The summed E-state index contributed by atoms with van der Waals surface area (Å²) in [7, 11) is 1.76. The van der Waals surface area contributed by atoms with Gasteiger partial charge in [-0.2, -0.15) is 0 Å². The Labute approximate surface area is 109 Å². The number of benzene rings is 1. The lowest BCUT2D eigenvalue weighted by atomic mass is 10.0. The molecule has 0 bridgehead atoms. The predicted octanol–water partition coefficient (Wildman–Crippen LogP) is 2.73. The maximum atomic E-state index is 10.0. The molecule has 1 aromatic rings. The van der Waals surface area contributed by atoms with Gasteiger partial charge < -0.3 is 9.84 Å². The Morgan fingerprint density at radius 3 is 2.94 bits per heavy atom. The first-order valence-electron chi connectivity index (χ1n) is 6.64. The summed E-state index contributed by atoms with van der Waals surface area (Å²) in [6.45, 7) is 7.14. The molecule has 3 nitrogen and oxygen atoms in total. The third-order valence-corrected chi connectivity index (χ3v) is 3.90. The number of hydrogen-bond acceptors (Lipinski definition) is 3. The Morgan fingerprint density at radius 1 is 1.50 bits per heavy atom. The van der Waals surface area contributed by atoms with Crippen LogP contribution in [0.25, 0.3) is 0 Å². The summed E-state index contributed by atoms with van der Waals surface area (Å²) in [5, 5.41) is 10.0. The number of ether oxygens (including phenoxy) is 1. The molecular weight excluding hydrogens is 226 g/mol. The average Bonchev–Trinajstić information content (AvgIpc) is 2.77. The van der Waals surface area contributed by atoms with E-state index in [1.807, 2.05) is 19.1 Å². The predicted molar refractivity (Wildman–Crippen MR) is 72.8 cm³/mol. The monoisotopic (exact) mass is 249 g/mol. The Kier molecular flexibility index (Phi) is 4.25. The second kappa shape index (κ2) is 5.72. The van der Waals surface area contributed by atoms with Crippen molar-refractivity contribution in [2.45, 2.75) is 26.3 Å². The van der Waals surface area contributed by atoms with E-state index in [-0.39, 0.29) is 6.04 Å². The highest BCUT2D eigenvalue weighted by Gasteiger charge is 2.27. The third-order valence-electron chi connectivity index (χ3n) is 3.90. The van der Waals surface area contributed by atoms with Gasteiger partial charge in [0.15, 0.2) is 0 Å². The summed E-state index contributed by atoms with van der Waals surface area (Å²) < 4.78 is 5.22. The van der Waals surface area contributed by atoms with Crippen LogP contribution in [0.2, 0.25) is 0 Å². The van der Waals surface area contributed by atoms with Crippen LogP contribution in [0.4, 0.5) is 0 Å². The number of likely N-dealkylation sites (tertiary alicyclic amines) is 1. The fraction of sp³-hybridized carbons (Fsp3) is 0.600. The summed E-state index contributed by atoms with van der Waals surface area (Å²) in [6, 6.07) is 6.22. The van der Waals surface area contributed by atoms with Crippen LogP contribution in [-0.2, 0) is 4.74 Å². The summed E-state index contributed by atoms with van der Waals surface area (Å²) in [5.74, 6) is 1.04. The zero-order valence-electron chi connectivity index (χ0n) is 11.5. The summed E-state index contributed by atoms with van der Waals surface area (Å²) in [5.41, 5.74) is 2.13. The van der Waals surface area contributed by atoms with Crippen LogP contribution in [0.15, 0.2) is 18.2 Å². The molecular formula is C15H23NO2. The lowest BCUT2D eigenvalue weighted by molar-refractivity contribution is 0.148. The quantitative estimate of drug-likeness (QED) is 0.890. The molecule has 0 amide bonds. The molecule has 1 aliphatic rings. The first-order valence-corrected chi connectivity index (χ1v) is 6.64. The van der Waals surface area contributed by atoms with Crippen LogP contribution in [0.5, 0.6) is 5.75 Å². The van der Waals surface area contributed by atoms with Crippen LogP contribution in [-0.4, -0.2) is 36.8 Å².